The molecule has 0 saturated carbocycles. The molecule has 2 aromatic rings. The van der Waals surface area contributed by atoms with Crippen molar-refractivity contribution in [3.8, 4) is 0 Å². The first-order valence-corrected chi connectivity index (χ1v) is 7.47. The molecule has 0 aliphatic rings. The van der Waals surface area contributed by atoms with Crippen LogP contribution in [0.15, 0.2) is 38.6 Å². The minimum absolute atomic E-state index is 0.789. The van der Waals surface area contributed by atoms with Gasteiger partial charge in [0.1, 0.15) is 0 Å². The molecule has 2 nitrogen and oxygen atoms in total. The number of thiophene rings is 1. The topological polar surface area (TPSA) is 29.3 Å². The predicted molar refractivity (Wildman–Crippen MR) is 82.7 cm³/mol. The third-order valence-corrected chi connectivity index (χ3v) is 4.52. The van der Waals surface area contributed by atoms with Crippen LogP contribution in [0.2, 0.25) is 0 Å². The molecule has 90 valence electrons. The molecule has 0 unspecified atom stereocenters. The van der Waals surface area contributed by atoms with Crippen LogP contribution in [0, 0.1) is 0 Å². The van der Waals surface area contributed by atoms with Crippen LogP contribution in [0.4, 0.5) is 11.4 Å². The molecule has 0 amide bonds. The second-order valence-electron chi connectivity index (χ2n) is 3.77. The average molecular weight is 376 g/mol. The molecule has 1 aromatic heterocycles. The van der Waals surface area contributed by atoms with Gasteiger partial charge in [-0.3, -0.25) is 0 Å². The molecule has 0 fully saturated rings. The maximum atomic E-state index is 6.00. The van der Waals surface area contributed by atoms with Gasteiger partial charge in [-0.1, -0.05) is 15.9 Å². The molecule has 0 bridgehead atoms. The zero-order valence-corrected chi connectivity index (χ0v) is 13.3. The molecule has 5 heteroatoms. The molecule has 2 N–H and O–H groups in total. The Morgan fingerprint density at radius 2 is 2.00 bits per heavy atom. The third-order valence-electron chi connectivity index (χ3n) is 2.42. The van der Waals surface area contributed by atoms with Gasteiger partial charge < -0.3 is 10.6 Å². The number of hydrogen-bond acceptors (Lipinski definition) is 3. The fourth-order valence-corrected chi connectivity index (χ4v) is 3.54. The molecular formula is C12H12Br2N2S. The lowest BCUT2D eigenvalue weighted by molar-refractivity contribution is 0.942. The number of benzene rings is 1. The van der Waals surface area contributed by atoms with Crippen molar-refractivity contribution in [1.82, 2.24) is 0 Å². The van der Waals surface area contributed by atoms with E-state index >= 15 is 0 Å². The van der Waals surface area contributed by atoms with Crippen LogP contribution in [-0.4, -0.2) is 7.05 Å². The number of halogens is 2. The molecular weight excluding hydrogens is 364 g/mol. The molecule has 1 heterocycles. The standard InChI is InChI=1S/C12H12Br2N2S/c1-16(7-9-3-5-12(14)17-9)11-4-2-8(13)6-10(11)15/h2-6H,7,15H2,1H3. The van der Waals surface area contributed by atoms with E-state index < -0.39 is 0 Å². The lowest BCUT2D eigenvalue weighted by atomic mass is 10.2. The molecule has 17 heavy (non-hydrogen) atoms. The molecule has 0 radical (unpaired) electrons. The smallest absolute Gasteiger partial charge is 0.0702 e. The Labute approximate surface area is 122 Å². The van der Waals surface area contributed by atoms with Crippen LogP contribution < -0.4 is 10.6 Å². The number of nitrogens with two attached hydrogens (primary N) is 1. The zero-order chi connectivity index (χ0) is 12.4. The Bertz CT molecular complexity index is 525. The van der Waals surface area contributed by atoms with Crippen LogP contribution in [0.25, 0.3) is 0 Å². The van der Waals surface area contributed by atoms with Gasteiger partial charge in [-0.05, 0) is 46.3 Å². The van der Waals surface area contributed by atoms with Crippen molar-refractivity contribution in [2.45, 2.75) is 6.54 Å². The van der Waals surface area contributed by atoms with E-state index in [4.69, 9.17) is 5.73 Å². The number of nitrogen functional groups attached to an aromatic ring is 1. The van der Waals surface area contributed by atoms with Gasteiger partial charge in [-0.25, -0.2) is 0 Å². The van der Waals surface area contributed by atoms with Gasteiger partial charge in [0.2, 0.25) is 0 Å². The van der Waals surface area contributed by atoms with E-state index in [0.29, 0.717) is 0 Å². The summed E-state index contributed by atoms with van der Waals surface area (Å²) >= 11 is 8.63. The predicted octanol–water partition coefficient (Wildman–Crippen LogP) is 4.49. The summed E-state index contributed by atoms with van der Waals surface area (Å²) in [5.41, 5.74) is 7.85. The molecule has 0 aliphatic carbocycles. The number of rotatable bonds is 3. The van der Waals surface area contributed by atoms with E-state index in [1.807, 2.05) is 25.2 Å². The van der Waals surface area contributed by atoms with Gasteiger partial charge in [0.15, 0.2) is 0 Å². The first-order chi connectivity index (χ1) is 8.06. The normalized spacial score (nSPS) is 10.5. The second-order valence-corrected chi connectivity index (χ2v) is 7.23. The summed E-state index contributed by atoms with van der Waals surface area (Å²) in [6, 6.07) is 10.2. The van der Waals surface area contributed by atoms with Gasteiger partial charge >= 0.3 is 0 Å². The molecule has 0 saturated heterocycles. The summed E-state index contributed by atoms with van der Waals surface area (Å²) in [7, 11) is 2.05. The van der Waals surface area contributed by atoms with Crippen molar-refractivity contribution in [3.63, 3.8) is 0 Å². The van der Waals surface area contributed by atoms with E-state index in [9.17, 15) is 0 Å². The van der Waals surface area contributed by atoms with E-state index in [0.717, 1.165) is 26.2 Å². The highest BCUT2D eigenvalue weighted by atomic mass is 79.9. The van der Waals surface area contributed by atoms with Crippen LogP contribution in [-0.2, 0) is 6.54 Å². The largest absolute Gasteiger partial charge is 0.397 e. The summed E-state index contributed by atoms with van der Waals surface area (Å²) < 4.78 is 2.16. The lowest BCUT2D eigenvalue weighted by Gasteiger charge is -2.20. The monoisotopic (exact) mass is 374 g/mol. The molecule has 0 atom stereocenters. The number of hydrogen-bond donors (Lipinski definition) is 1. The van der Waals surface area contributed by atoms with Gasteiger partial charge in [0, 0.05) is 16.4 Å². The minimum Gasteiger partial charge on any atom is -0.397 e. The van der Waals surface area contributed by atoms with Crippen molar-refractivity contribution in [1.29, 1.82) is 0 Å². The lowest BCUT2D eigenvalue weighted by Crippen LogP contribution is -2.16. The van der Waals surface area contributed by atoms with Crippen LogP contribution >= 0.6 is 43.2 Å². The summed E-state index contributed by atoms with van der Waals surface area (Å²) in [5.74, 6) is 0. The zero-order valence-electron chi connectivity index (χ0n) is 9.28. The summed E-state index contributed by atoms with van der Waals surface area (Å²) in [6.07, 6.45) is 0. The SMILES string of the molecule is CN(Cc1ccc(Br)s1)c1ccc(Br)cc1N. The molecule has 1 aromatic carbocycles. The summed E-state index contributed by atoms with van der Waals surface area (Å²) in [6.45, 7) is 0.863. The Hall–Kier alpha value is -0.520. The van der Waals surface area contributed by atoms with E-state index in [-0.39, 0.29) is 0 Å². The maximum absolute atomic E-state index is 6.00. The molecule has 0 aliphatic heterocycles. The fourth-order valence-electron chi connectivity index (χ4n) is 1.63. The highest BCUT2D eigenvalue weighted by Crippen LogP contribution is 2.29. The molecule has 2 rings (SSSR count). The minimum atomic E-state index is 0.789. The van der Waals surface area contributed by atoms with Crippen LogP contribution in [0.3, 0.4) is 0 Å². The third kappa shape index (κ3) is 3.24. The number of anilines is 2. The van der Waals surface area contributed by atoms with Gasteiger partial charge in [0.05, 0.1) is 21.7 Å². The Morgan fingerprint density at radius 1 is 1.24 bits per heavy atom. The van der Waals surface area contributed by atoms with Crippen molar-refractivity contribution in [2.24, 2.45) is 0 Å². The van der Waals surface area contributed by atoms with Gasteiger partial charge in [0.25, 0.3) is 0 Å². The number of nitrogens with zero attached hydrogens (tertiary/aromatic N) is 1. The van der Waals surface area contributed by atoms with Crippen molar-refractivity contribution >= 4 is 54.6 Å². The van der Waals surface area contributed by atoms with Crippen molar-refractivity contribution < 1.29 is 0 Å². The first kappa shape index (κ1) is 12.9. The van der Waals surface area contributed by atoms with Gasteiger partial charge in [-0.15, -0.1) is 11.3 Å². The molecule has 0 spiro atoms. The fraction of sp³-hybridized carbons (Fsp3) is 0.167. The highest BCUT2D eigenvalue weighted by Gasteiger charge is 2.07. The van der Waals surface area contributed by atoms with Gasteiger partial charge in [-0.2, -0.15) is 0 Å². The van der Waals surface area contributed by atoms with Crippen LogP contribution in [0.5, 0.6) is 0 Å². The Kier molecular flexibility index (Phi) is 4.12. The van der Waals surface area contributed by atoms with Crippen molar-refractivity contribution in [2.75, 3.05) is 17.7 Å². The maximum Gasteiger partial charge on any atom is 0.0702 e. The quantitative estimate of drug-likeness (QED) is 0.800. The highest BCUT2D eigenvalue weighted by molar-refractivity contribution is 9.11. The van der Waals surface area contributed by atoms with Crippen molar-refractivity contribution in [3.05, 3.63) is 43.5 Å². The summed E-state index contributed by atoms with van der Waals surface area (Å²) in [4.78, 5) is 3.46. The van der Waals surface area contributed by atoms with E-state index in [1.165, 1.54) is 4.88 Å². The van der Waals surface area contributed by atoms with Crippen LogP contribution in [0.1, 0.15) is 4.88 Å². The Balaban J connectivity index is 2.17. The van der Waals surface area contributed by atoms with E-state index in [1.54, 1.807) is 11.3 Å². The second kappa shape index (κ2) is 5.42. The average Bonchev–Trinajstić information content (AvgIpc) is 2.63. The Morgan fingerprint density at radius 3 is 2.59 bits per heavy atom. The first-order valence-electron chi connectivity index (χ1n) is 5.06. The van der Waals surface area contributed by atoms with E-state index in [2.05, 4.69) is 48.9 Å². The summed E-state index contributed by atoms with van der Waals surface area (Å²) in [5, 5.41) is 0.